The molecule has 3 rings (SSSR count). The lowest BCUT2D eigenvalue weighted by Gasteiger charge is -1.97. The zero-order valence-electron chi connectivity index (χ0n) is 7.73. The molecule has 1 N–H and O–H groups in total. The number of carbonyl (C=O) groups is 1. The van der Waals surface area contributed by atoms with Gasteiger partial charge in [0.25, 0.3) is 0 Å². The van der Waals surface area contributed by atoms with Gasteiger partial charge in [-0.2, -0.15) is 0 Å². The first kappa shape index (κ1) is 9.09. The normalized spacial score (nSPS) is 14.9. The van der Waals surface area contributed by atoms with Gasteiger partial charge in [-0.05, 0) is 40.0 Å². The zero-order chi connectivity index (χ0) is 10.6. The van der Waals surface area contributed by atoms with Gasteiger partial charge in [-0.25, -0.2) is 4.39 Å². The van der Waals surface area contributed by atoms with Crippen LogP contribution in [-0.4, -0.2) is 10.8 Å². The molecule has 0 spiro atoms. The Morgan fingerprint density at radius 3 is 2.93 bits per heavy atom. The topological polar surface area (TPSA) is 32.9 Å². The minimum atomic E-state index is -0.264. The lowest BCUT2D eigenvalue weighted by Crippen LogP contribution is -1.91. The van der Waals surface area contributed by atoms with Gasteiger partial charge in [0.15, 0.2) is 5.78 Å². The van der Waals surface area contributed by atoms with E-state index in [1.807, 2.05) is 0 Å². The number of ketones is 1. The predicted octanol–water partition coefficient (Wildman–Crippen LogP) is 3.20. The Hall–Kier alpha value is -1.16. The lowest BCUT2D eigenvalue weighted by molar-refractivity contribution is 0.0990. The number of carbonyl (C=O) groups excluding carboxylic acids is 1. The van der Waals surface area contributed by atoms with Crippen LogP contribution in [0.5, 0.6) is 0 Å². The van der Waals surface area contributed by atoms with Crippen molar-refractivity contribution in [2.75, 3.05) is 0 Å². The number of hydrogen-bond donors (Lipinski definition) is 1. The molecule has 4 heteroatoms. The van der Waals surface area contributed by atoms with Gasteiger partial charge >= 0.3 is 0 Å². The molecule has 0 unspecified atom stereocenters. The Bertz CT molecular complexity index is 588. The molecule has 0 bridgehead atoms. The van der Waals surface area contributed by atoms with Crippen LogP contribution < -0.4 is 0 Å². The second kappa shape index (κ2) is 2.92. The van der Waals surface area contributed by atoms with Crippen LogP contribution in [0.1, 0.15) is 22.5 Å². The van der Waals surface area contributed by atoms with E-state index in [9.17, 15) is 9.18 Å². The number of benzene rings is 1. The summed E-state index contributed by atoms with van der Waals surface area (Å²) >= 11 is 3.34. The molecule has 0 saturated carbocycles. The summed E-state index contributed by atoms with van der Waals surface area (Å²) in [5.41, 5.74) is 2.10. The molecular formula is C11H7BrFNO. The molecule has 0 atom stereocenters. The van der Waals surface area contributed by atoms with E-state index in [-0.39, 0.29) is 11.6 Å². The molecule has 2 aromatic rings. The van der Waals surface area contributed by atoms with Crippen molar-refractivity contribution >= 4 is 32.6 Å². The van der Waals surface area contributed by atoms with Gasteiger partial charge in [0.1, 0.15) is 5.82 Å². The van der Waals surface area contributed by atoms with Gasteiger partial charge in [0.2, 0.25) is 0 Å². The lowest BCUT2D eigenvalue weighted by atomic mass is 10.1. The van der Waals surface area contributed by atoms with E-state index in [0.29, 0.717) is 29.4 Å². The van der Waals surface area contributed by atoms with Crippen LogP contribution in [0.4, 0.5) is 4.39 Å². The first-order valence-electron chi connectivity index (χ1n) is 4.70. The highest BCUT2D eigenvalue weighted by molar-refractivity contribution is 9.10. The predicted molar refractivity (Wildman–Crippen MR) is 58.6 cm³/mol. The number of Topliss-reactive ketones (excluding diaryl/α,β-unsaturated/α-hetero) is 1. The third kappa shape index (κ3) is 1.11. The number of nitrogens with one attached hydrogen (secondary N) is 1. The molecule has 1 aliphatic carbocycles. The van der Waals surface area contributed by atoms with Crippen LogP contribution in [-0.2, 0) is 6.42 Å². The fourth-order valence-electron chi connectivity index (χ4n) is 2.15. The molecule has 15 heavy (non-hydrogen) atoms. The fourth-order valence-corrected chi connectivity index (χ4v) is 2.58. The molecule has 0 aliphatic heterocycles. The van der Waals surface area contributed by atoms with Crippen LogP contribution in [0.3, 0.4) is 0 Å². The maximum absolute atomic E-state index is 13.6. The molecule has 0 fully saturated rings. The number of aromatic amines is 1. The van der Waals surface area contributed by atoms with Crippen molar-refractivity contribution in [2.24, 2.45) is 0 Å². The molecule has 2 nitrogen and oxygen atoms in total. The Morgan fingerprint density at radius 2 is 2.13 bits per heavy atom. The SMILES string of the molecule is O=C1CCc2c1[nH]c1c(Br)ccc(F)c21. The minimum Gasteiger partial charge on any atom is -0.351 e. The minimum absolute atomic E-state index is 0.0764. The van der Waals surface area contributed by atoms with E-state index in [1.165, 1.54) is 6.07 Å². The van der Waals surface area contributed by atoms with Crippen LogP contribution >= 0.6 is 15.9 Å². The summed E-state index contributed by atoms with van der Waals surface area (Å²) in [6.07, 6.45) is 1.13. The smallest absolute Gasteiger partial charge is 0.179 e. The van der Waals surface area contributed by atoms with E-state index in [1.54, 1.807) is 6.07 Å². The summed E-state index contributed by atoms with van der Waals surface area (Å²) < 4.78 is 14.4. The van der Waals surface area contributed by atoms with Crippen LogP contribution in [0.15, 0.2) is 16.6 Å². The van der Waals surface area contributed by atoms with Gasteiger partial charge in [-0.3, -0.25) is 4.79 Å². The third-order valence-electron chi connectivity index (χ3n) is 2.84. The molecule has 1 aromatic carbocycles. The number of fused-ring (bicyclic) bond motifs is 3. The van der Waals surface area contributed by atoms with Gasteiger partial charge in [-0.1, -0.05) is 0 Å². The number of H-pyrrole nitrogens is 1. The van der Waals surface area contributed by atoms with Gasteiger partial charge < -0.3 is 4.98 Å². The summed E-state index contributed by atoms with van der Waals surface area (Å²) in [7, 11) is 0. The van der Waals surface area contributed by atoms with E-state index in [0.717, 1.165) is 10.0 Å². The van der Waals surface area contributed by atoms with Gasteiger partial charge in [0.05, 0.1) is 11.2 Å². The summed E-state index contributed by atoms with van der Waals surface area (Å²) in [5.74, 6) is -0.187. The molecule has 1 aliphatic rings. The first-order valence-corrected chi connectivity index (χ1v) is 5.49. The molecule has 0 radical (unpaired) electrons. The van der Waals surface area contributed by atoms with Gasteiger partial charge in [-0.15, -0.1) is 0 Å². The van der Waals surface area contributed by atoms with E-state index < -0.39 is 0 Å². The maximum Gasteiger partial charge on any atom is 0.179 e. The molecule has 0 amide bonds. The second-order valence-corrected chi connectivity index (χ2v) is 4.54. The zero-order valence-corrected chi connectivity index (χ0v) is 9.32. The average Bonchev–Trinajstić information content (AvgIpc) is 2.74. The highest BCUT2D eigenvalue weighted by Gasteiger charge is 2.26. The molecular weight excluding hydrogens is 261 g/mol. The van der Waals surface area contributed by atoms with Crippen LogP contribution in [0.2, 0.25) is 0 Å². The molecule has 1 aromatic heterocycles. The highest BCUT2D eigenvalue weighted by atomic mass is 79.9. The van der Waals surface area contributed by atoms with E-state index >= 15 is 0 Å². The second-order valence-electron chi connectivity index (χ2n) is 3.68. The number of aryl methyl sites for hydroxylation is 1. The van der Waals surface area contributed by atoms with Crippen molar-refractivity contribution in [1.29, 1.82) is 0 Å². The highest BCUT2D eigenvalue weighted by Crippen LogP contribution is 2.35. The average molecular weight is 268 g/mol. The van der Waals surface area contributed by atoms with Gasteiger partial charge in [0, 0.05) is 16.3 Å². The van der Waals surface area contributed by atoms with Crippen molar-refractivity contribution in [2.45, 2.75) is 12.8 Å². The van der Waals surface area contributed by atoms with Crippen molar-refractivity contribution in [3.63, 3.8) is 0 Å². The van der Waals surface area contributed by atoms with E-state index in [4.69, 9.17) is 0 Å². The summed E-state index contributed by atoms with van der Waals surface area (Å²) in [6, 6.07) is 3.07. The summed E-state index contributed by atoms with van der Waals surface area (Å²) in [6.45, 7) is 0. The van der Waals surface area contributed by atoms with Crippen LogP contribution in [0, 0.1) is 5.82 Å². The van der Waals surface area contributed by atoms with Crippen molar-refractivity contribution in [3.8, 4) is 0 Å². The monoisotopic (exact) mass is 267 g/mol. The van der Waals surface area contributed by atoms with Crippen molar-refractivity contribution in [1.82, 2.24) is 4.98 Å². The Morgan fingerprint density at radius 1 is 1.33 bits per heavy atom. The molecule has 1 heterocycles. The molecule has 76 valence electrons. The van der Waals surface area contributed by atoms with E-state index in [2.05, 4.69) is 20.9 Å². The maximum atomic E-state index is 13.6. The Labute approximate surface area is 93.6 Å². The summed E-state index contributed by atoms with van der Waals surface area (Å²) in [4.78, 5) is 14.5. The van der Waals surface area contributed by atoms with Crippen molar-refractivity contribution < 1.29 is 9.18 Å². The fraction of sp³-hybridized carbons (Fsp3) is 0.182. The number of halogens is 2. The largest absolute Gasteiger partial charge is 0.351 e. The number of rotatable bonds is 0. The Balaban J connectivity index is 2.49. The third-order valence-corrected chi connectivity index (χ3v) is 3.50. The first-order chi connectivity index (χ1) is 7.18. The quantitative estimate of drug-likeness (QED) is 0.781. The Kier molecular flexibility index (Phi) is 1.77. The number of hydrogen-bond acceptors (Lipinski definition) is 1. The number of aromatic nitrogens is 1. The van der Waals surface area contributed by atoms with Crippen LogP contribution in [0.25, 0.3) is 10.9 Å². The summed E-state index contributed by atoms with van der Waals surface area (Å²) in [5, 5.41) is 0.560. The molecule has 0 saturated heterocycles. The standard InChI is InChI=1S/C11H7BrFNO/c12-6-2-3-7(13)9-5-1-4-8(15)10(5)14-11(6)9/h2-3,14H,1,4H2. The van der Waals surface area contributed by atoms with Crippen molar-refractivity contribution in [3.05, 3.63) is 33.7 Å².